The number of alkyl halides is 2. The van der Waals surface area contributed by atoms with Crippen molar-refractivity contribution in [2.24, 2.45) is 11.3 Å². The van der Waals surface area contributed by atoms with Gasteiger partial charge in [0.2, 0.25) is 11.0 Å². The van der Waals surface area contributed by atoms with Crippen LogP contribution in [0, 0.1) is 11.3 Å². The Labute approximate surface area is 112 Å². The van der Waals surface area contributed by atoms with Crippen LogP contribution in [0.4, 0.5) is 13.9 Å². The van der Waals surface area contributed by atoms with E-state index >= 15 is 0 Å². The van der Waals surface area contributed by atoms with Crippen LogP contribution in [0.1, 0.15) is 30.7 Å². The van der Waals surface area contributed by atoms with E-state index in [1.54, 1.807) is 0 Å². The lowest BCUT2D eigenvalue weighted by molar-refractivity contribution is -0.118. The molecule has 0 radical (unpaired) electrons. The van der Waals surface area contributed by atoms with Gasteiger partial charge in [-0.2, -0.15) is 0 Å². The molecule has 2 fully saturated rings. The fourth-order valence-corrected chi connectivity index (χ4v) is 3.36. The van der Waals surface area contributed by atoms with E-state index in [9.17, 15) is 13.6 Å². The third-order valence-electron chi connectivity index (χ3n) is 3.96. The number of hydrogen-bond acceptors (Lipinski definition) is 5. The zero-order chi connectivity index (χ0) is 13.5. The molecule has 1 aliphatic heterocycles. The summed E-state index contributed by atoms with van der Waals surface area (Å²) < 4.78 is 24.7. The molecule has 0 bridgehead atoms. The van der Waals surface area contributed by atoms with Gasteiger partial charge in [-0.05, 0) is 37.8 Å². The van der Waals surface area contributed by atoms with Crippen molar-refractivity contribution in [2.45, 2.75) is 25.7 Å². The third kappa shape index (κ3) is 2.46. The first-order valence-corrected chi connectivity index (χ1v) is 7.05. The highest BCUT2D eigenvalue weighted by Crippen LogP contribution is 2.58. The van der Waals surface area contributed by atoms with Gasteiger partial charge in [0.25, 0.3) is 6.43 Å². The fourth-order valence-electron chi connectivity index (χ4n) is 2.76. The highest BCUT2D eigenvalue weighted by molar-refractivity contribution is 7.15. The summed E-state index contributed by atoms with van der Waals surface area (Å²) in [6.07, 6.45) is 0.258. The topological polar surface area (TPSA) is 66.9 Å². The van der Waals surface area contributed by atoms with E-state index in [1.807, 2.05) is 0 Å². The van der Waals surface area contributed by atoms with Crippen molar-refractivity contribution in [3.05, 3.63) is 5.01 Å². The fraction of sp³-hybridized carbons (Fsp3) is 0.727. The van der Waals surface area contributed by atoms with Crippen LogP contribution in [0.2, 0.25) is 0 Å². The Morgan fingerprint density at radius 1 is 1.42 bits per heavy atom. The molecule has 1 aliphatic carbocycles. The minimum absolute atomic E-state index is 0.00602. The van der Waals surface area contributed by atoms with E-state index in [-0.39, 0.29) is 27.4 Å². The smallest absolute Gasteiger partial charge is 0.291 e. The molecule has 1 atom stereocenters. The van der Waals surface area contributed by atoms with Crippen LogP contribution in [-0.2, 0) is 4.79 Å². The highest BCUT2D eigenvalue weighted by Gasteiger charge is 2.57. The van der Waals surface area contributed by atoms with E-state index in [4.69, 9.17) is 0 Å². The molecular weight excluding hydrogens is 274 g/mol. The number of piperidine rings is 1. The molecule has 0 aromatic carbocycles. The molecule has 8 heteroatoms. The van der Waals surface area contributed by atoms with Crippen molar-refractivity contribution in [3.8, 4) is 0 Å². The zero-order valence-electron chi connectivity index (χ0n) is 10.2. The van der Waals surface area contributed by atoms with Gasteiger partial charge in [0.05, 0.1) is 0 Å². The van der Waals surface area contributed by atoms with Crippen LogP contribution < -0.4 is 10.6 Å². The Morgan fingerprint density at radius 3 is 2.79 bits per heavy atom. The molecular formula is C11H14F2N4OS. The zero-order valence-corrected chi connectivity index (χ0v) is 11.0. The molecule has 104 valence electrons. The van der Waals surface area contributed by atoms with E-state index in [2.05, 4.69) is 20.8 Å². The van der Waals surface area contributed by atoms with E-state index in [1.165, 1.54) is 0 Å². The molecule has 2 heterocycles. The number of hydrogen-bond donors (Lipinski definition) is 2. The number of carbonyl (C=O) groups excluding carboxylic acids is 1. The molecule has 1 aromatic heterocycles. The summed E-state index contributed by atoms with van der Waals surface area (Å²) in [5.41, 5.74) is 0.131. The van der Waals surface area contributed by atoms with Gasteiger partial charge in [0, 0.05) is 5.92 Å². The summed E-state index contributed by atoms with van der Waals surface area (Å²) in [5.74, 6) is -0.118. The molecule has 1 amide bonds. The minimum atomic E-state index is -2.64. The van der Waals surface area contributed by atoms with Gasteiger partial charge >= 0.3 is 0 Å². The molecule has 19 heavy (non-hydrogen) atoms. The molecule has 5 nitrogen and oxygen atoms in total. The SMILES string of the molecule is O=C(Nc1nnc(C(F)F)s1)C1CC12CCNCC2. The van der Waals surface area contributed by atoms with Crippen LogP contribution >= 0.6 is 11.3 Å². The number of nitrogens with one attached hydrogen (secondary N) is 2. The first-order valence-electron chi connectivity index (χ1n) is 6.24. The maximum atomic E-state index is 12.4. The molecule has 1 saturated heterocycles. The number of amides is 1. The molecule has 1 aromatic rings. The Hall–Kier alpha value is -1.15. The Kier molecular flexibility index (Phi) is 3.22. The number of aromatic nitrogens is 2. The van der Waals surface area contributed by atoms with Gasteiger partial charge in [0.15, 0.2) is 5.01 Å². The second-order valence-electron chi connectivity index (χ2n) is 5.10. The lowest BCUT2D eigenvalue weighted by atomic mass is 9.92. The van der Waals surface area contributed by atoms with E-state index in [0.717, 1.165) is 43.7 Å². The number of rotatable bonds is 3. The number of carbonyl (C=O) groups is 1. The van der Waals surface area contributed by atoms with Crippen molar-refractivity contribution in [2.75, 3.05) is 18.4 Å². The summed E-state index contributed by atoms with van der Waals surface area (Å²) in [6.45, 7) is 1.89. The van der Waals surface area contributed by atoms with Gasteiger partial charge in [-0.3, -0.25) is 4.79 Å². The second kappa shape index (κ2) is 4.75. The average molecular weight is 288 g/mol. The van der Waals surface area contributed by atoms with Crippen molar-refractivity contribution in [1.82, 2.24) is 15.5 Å². The lowest BCUT2D eigenvalue weighted by Crippen LogP contribution is -2.31. The monoisotopic (exact) mass is 288 g/mol. The summed E-state index contributed by atoms with van der Waals surface area (Å²) in [4.78, 5) is 12.0. The molecule has 1 spiro atoms. The third-order valence-corrected chi connectivity index (χ3v) is 4.81. The van der Waals surface area contributed by atoms with Gasteiger partial charge in [-0.25, -0.2) is 8.78 Å². The van der Waals surface area contributed by atoms with Crippen LogP contribution in [0.5, 0.6) is 0 Å². The second-order valence-corrected chi connectivity index (χ2v) is 6.11. The van der Waals surface area contributed by atoms with Crippen LogP contribution in [0.15, 0.2) is 0 Å². The van der Waals surface area contributed by atoms with Crippen molar-refractivity contribution in [3.63, 3.8) is 0 Å². The molecule has 2 N–H and O–H groups in total. The summed E-state index contributed by atoms with van der Waals surface area (Å²) in [7, 11) is 0. The largest absolute Gasteiger partial charge is 0.317 e. The van der Waals surface area contributed by atoms with Gasteiger partial charge < -0.3 is 10.6 Å². The standard InChI is InChI=1S/C11H14F2N4OS/c12-7(13)9-16-17-10(19-9)15-8(18)6-5-11(6)1-3-14-4-2-11/h6-7,14H,1-5H2,(H,15,17,18). The van der Waals surface area contributed by atoms with Crippen molar-refractivity contribution in [1.29, 1.82) is 0 Å². The predicted molar refractivity (Wildman–Crippen MR) is 66.1 cm³/mol. The number of nitrogens with zero attached hydrogens (tertiary/aromatic N) is 2. The average Bonchev–Trinajstić information content (AvgIpc) is 2.86. The van der Waals surface area contributed by atoms with Gasteiger partial charge in [0.1, 0.15) is 0 Å². The molecule has 1 saturated carbocycles. The molecule has 1 unspecified atom stereocenters. The van der Waals surface area contributed by atoms with E-state index < -0.39 is 6.43 Å². The Balaban J connectivity index is 1.60. The maximum absolute atomic E-state index is 12.4. The normalized spacial score (nSPS) is 24.7. The quantitative estimate of drug-likeness (QED) is 0.890. The summed E-state index contributed by atoms with van der Waals surface area (Å²) >= 11 is 0.733. The highest BCUT2D eigenvalue weighted by atomic mass is 32.1. The first kappa shape index (κ1) is 12.9. The lowest BCUT2D eigenvalue weighted by Gasteiger charge is -2.22. The van der Waals surface area contributed by atoms with Crippen molar-refractivity contribution < 1.29 is 13.6 Å². The van der Waals surface area contributed by atoms with E-state index in [0.29, 0.717) is 0 Å². The van der Waals surface area contributed by atoms with Gasteiger partial charge in [-0.15, -0.1) is 10.2 Å². The maximum Gasteiger partial charge on any atom is 0.291 e. The number of anilines is 1. The number of halogens is 2. The van der Waals surface area contributed by atoms with Crippen molar-refractivity contribution >= 4 is 22.4 Å². The molecule has 3 rings (SSSR count). The summed E-state index contributed by atoms with van der Waals surface area (Å²) in [6, 6.07) is 0. The predicted octanol–water partition coefficient (Wildman–Crippen LogP) is 1.80. The Morgan fingerprint density at radius 2 is 2.16 bits per heavy atom. The Bertz CT molecular complexity index is 487. The van der Waals surface area contributed by atoms with Crippen LogP contribution in [0.3, 0.4) is 0 Å². The first-order chi connectivity index (χ1) is 9.11. The minimum Gasteiger partial charge on any atom is -0.317 e. The molecule has 2 aliphatic rings. The van der Waals surface area contributed by atoms with Crippen LogP contribution in [0.25, 0.3) is 0 Å². The van der Waals surface area contributed by atoms with Gasteiger partial charge in [-0.1, -0.05) is 11.3 Å². The summed E-state index contributed by atoms with van der Waals surface area (Å²) in [5, 5.41) is 12.6. The van der Waals surface area contributed by atoms with Crippen LogP contribution in [-0.4, -0.2) is 29.2 Å².